The van der Waals surface area contributed by atoms with Crippen LogP contribution in [-0.4, -0.2) is 19.9 Å². The van der Waals surface area contributed by atoms with Crippen LogP contribution in [0.3, 0.4) is 0 Å². The van der Waals surface area contributed by atoms with E-state index in [9.17, 15) is 24.6 Å². The molecule has 2 aliphatic rings. The summed E-state index contributed by atoms with van der Waals surface area (Å²) in [5.41, 5.74) is -1.04. The van der Waals surface area contributed by atoms with Crippen molar-refractivity contribution in [2.75, 3.05) is 0 Å². The first kappa shape index (κ1) is 23.2. The van der Waals surface area contributed by atoms with Crippen molar-refractivity contribution >= 4 is 33.2 Å². The van der Waals surface area contributed by atoms with E-state index in [4.69, 9.17) is 0 Å². The first-order valence-corrected chi connectivity index (χ1v) is 11.5. The van der Waals surface area contributed by atoms with E-state index >= 15 is 8.78 Å². The summed E-state index contributed by atoms with van der Waals surface area (Å²) in [6, 6.07) is 12.7. The predicted octanol–water partition coefficient (Wildman–Crippen LogP) is 5.89. The molecule has 2 heterocycles. The number of hydrogen-bond donors (Lipinski definition) is 0. The van der Waals surface area contributed by atoms with E-state index in [-0.39, 0.29) is 45.0 Å². The lowest BCUT2D eigenvalue weighted by molar-refractivity contribution is 0.625. The van der Waals surface area contributed by atoms with E-state index < -0.39 is 50.9 Å². The van der Waals surface area contributed by atoms with E-state index in [2.05, 4.69) is 19.9 Å². The first-order valence-electron chi connectivity index (χ1n) is 11.5. The molecule has 2 aromatic heterocycles. The number of fused-ring (bicyclic) bond motifs is 8. The van der Waals surface area contributed by atoms with E-state index in [1.165, 1.54) is 24.3 Å². The van der Waals surface area contributed by atoms with Gasteiger partial charge in [-0.2, -0.15) is 15.8 Å². The standard InChI is InChI=1S/C29H7F4N7/c30-12-1-3-14-17(7-12)16(5-6-34)23-22(14)37-27-21(33)29-28(20(32)26(27)38-23)39-24-15-4-2-13(31)8-18(15)19(25(24)40-29)11(9-35)10-36/h1-5,7-8H. The van der Waals surface area contributed by atoms with Gasteiger partial charge in [0.15, 0.2) is 11.6 Å². The number of benzene rings is 3. The minimum Gasteiger partial charge on any atom is -0.241 e. The van der Waals surface area contributed by atoms with Crippen molar-refractivity contribution in [3.63, 3.8) is 0 Å². The van der Waals surface area contributed by atoms with Gasteiger partial charge in [0.2, 0.25) is 0 Å². The highest BCUT2D eigenvalue weighted by Gasteiger charge is 2.34. The molecule has 0 saturated heterocycles. The van der Waals surface area contributed by atoms with Gasteiger partial charge in [0, 0.05) is 28.3 Å². The lowest BCUT2D eigenvalue weighted by Gasteiger charge is -2.10. The number of nitrogens with zero attached hydrogens (tertiary/aromatic N) is 7. The fourth-order valence-electron chi connectivity index (χ4n) is 5.18. The van der Waals surface area contributed by atoms with Crippen molar-refractivity contribution in [3.05, 3.63) is 93.8 Å². The first-order chi connectivity index (χ1) is 19.4. The van der Waals surface area contributed by atoms with Crippen molar-refractivity contribution in [3.8, 4) is 40.7 Å². The number of hydrogen-bond acceptors (Lipinski definition) is 7. The van der Waals surface area contributed by atoms with Gasteiger partial charge in [-0.15, -0.1) is 0 Å². The summed E-state index contributed by atoms with van der Waals surface area (Å²) in [5.74, 6) is -3.37. The van der Waals surface area contributed by atoms with Gasteiger partial charge < -0.3 is 0 Å². The molecule has 0 fully saturated rings. The third-order valence-corrected chi connectivity index (χ3v) is 6.83. The van der Waals surface area contributed by atoms with Crippen LogP contribution in [0.15, 0.2) is 48.0 Å². The molecule has 7 nitrogen and oxygen atoms in total. The predicted molar refractivity (Wildman–Crippen MR) is 133 cm³/mol. The van der Waals surface area contributed by atoms with Gasteiger partial charge in [-0.25, -0.2) is 37.5 Å². The molecule has 40 heavy (non-hydrogen) atoms. The van der Waals surface area contributed by atoms with Gasteiger partial charge >= 0.3 is 0 Å². The molecule has 0 unspecified atom stereocenters. The Labute approximate surface area is 221 Å². The molecule has 7 rings (SSSR count). The zero-order valence-electron chi connectivity index (χ0n) is 19.7. The van der Waals surface area contributed by atoms with Crippen LogP contribution in [0.4, 0.5) is 17.6 Å². The zero-order chi connectivity index (χ0) is 27.9. The molecule has 0 bridgehead atoms. The van der Waals surface area contributed by atoms with E-state index in [0.29, 0.717) is 11.1 Å². The fourth-order valence-corrected chi connectivity index (χ4v) is 5.18. The summed E-state index contributed by atoms with van der Waals surface area (Å²) in [6.45, 7) is 0. The van der Waals surface area contributed by atoms with Crippen molar-refractivity contribution < 1.29 is 17.6 Å². The number of nitriles is 3. The van der Waals surface area contributed by atoms with Crippen molar-refractivity contribution in [2.24, 2.45) is 0 Å². The zero-order valence-corrected chi connectivity index (χ0v) is 19.7. The Morgan fingerprint density at radius 1 is 0.600 bits per heavy atom. The van der Waals surface area contributed by atoms with Crippen LogP contribution in [0.1, 0.15) is 22.5 Å². The van der Waals surface area contributed by atoms with E-state index in [1.54, 1.807) is 12.1 Å². The monoisotopic (exact) mass is 529 g/mol. The van der Waals surface area contributed by atoms with Crippen molar-refractivity contribution in [2.45, 2.75) is 0 Å². The Balaban J connectivity index is 1.59. The van der Waals surface area contributed by atoms with Gasteiger partial charge in [-0.3, -0.25) is 0 Å². The normalized spacial score (nSPS) is 13.4. The van der Waals surface area contributed by atoms with Crippen molar-refractivity contribution in [1.82, 2.24) is 19.9 Å². The van der Waals surface area contributed by atoms with Crippen molar-refractivity contribution in [1.29, 1.82) is 15.8 Å². The summed E-state index contributed by atoms with van der Waals surface area (Å²) in [5, 5.41) is 28.4. The molecule has 11 heteroatoms. The second-order valence-corrected chi connectivity index (χ2v) is 8.90. The second-order valence-electron chi connectivity index (χ2n) is 8.90. The molecule has 0 amide bonds. The number of aromatic nitrogens is 4. The molecule has 0 spiro atoms. The van der Waals surface area contributed by atoms with E-state index in [0.717, 1.165) is 18.2 Å². The molecule has 0 aliphatic heterocycles. The highest BCUT2D eigenvalue weighted by molar-refractivity contribution is 6.06. The van der Waals surface area contributed by atoms with E-state index in [1.807, 2.05) is 6.07 Å². The van der Waals surface area contributed by atoms with Gasteiger partial charge in [0.25, 0.3) is 0 Å². The van der Waals surface area contributed by atoms with Gasteiger partial charge in [-0.05, 0) is 47.5 Å². The van der Waals surface area contributed by atoms with Crippen LogP contribution in [0, 0.1) is 57.3 Å². The topological polar surface area (TPSA) is 123 Å². The van der Waals surface area contributed by atoms with Crippen LogP contribution in [0.5, 0.6) is 0 Å². The minimum atomic E-state index is -1.07. The highest BCUT2D eigenvalue weighted by atomic mass is 19.1. The average molecular weight is 529 g/mol. The number of rotatable bonds is 0. The average Bonchev–Trinajstić information content (AvgIpc) is 3.42. The summed E-state index contributed by atoms with van der Waals surface area (Å²) in [7, 11) is 0. The molecule has 0 radical (unpaired) electrons. The Morgan fingerprint density at radius 2 is 1.07 bits per heavy atom. The third-order valence-electron chi connectivity index (χ3n) is 6.83. The SMILES string of the molecule is N#CC=C1c2cc(F)ccc2-c2nc3c(F)c4nc5c(nc4c(F)c3nc21)-c1ccc(F)cc1C5=C(C#N)C#N. The van der Waals surface area contributed by atoms with Crippen LogP contribution in [0.2, 0.25) is 0 Å². The smallest absolute Gasteiger partial charge is 0.179 e. The summed E-state index contributed by atoms with van der Waals surface area (Å²) >= 11 is 0. The molecule has 0 saturated carbocycles. The summed E-state index contributed by atoms with van der Waals surface area (Å²) < 4.78 is 60.2. The lowest BCUT2D eigenvalue weighted by atomic mass is 10.0. The second kappa shape index (κ2) is 8.00. The Hall–Kier alpha value is -5.99. The van der Waals surface area contributed by atoms with Crippen LogP contribution in [-0.2, 0) is 0 Å². The van der Waals surface area contributed by atoms with Gasteiger partial charge in [0.05, 0.1) is 23.2 Å². The lowest BCUT2D eigenvalue weighted by Crippen LogP contribution is -2.03. The molecule has 0 atom stereocenters. The molecule has 0 N–H and O–H groups in total. The number of allylic oxidation sites excluding steroid dienone is 2. The largest absolute Gasteiger partial charge is 0.241 e. The van der Waals surface area contributed by atoms with Crippen LogP contribution in [0.25, 0.3) is 55.7 Å². The fraction of sp³-hybridized carbons (Fsp3) is 0. The molecule has 3 aromatic carbocycles. The molecular weight excluding hydrogens is 522 g/mol. The molecule has 186 valence electrons. The third kappa shape index (κ3) is 2.90. The maximum Gasteiger partial charge on any atom is 0.179 e. The highest BCUT2D eigenvalue weighted by Crippen LogP contribution is 2.47. The van der Waals surface area contributed by atoms with Crippen LogP contribution >= 0.6 is 0 Å². The summed E-state index contributed by atoms with van der Waals surface area (Å²) in [6.07, 6.45) is 1.12. The number of halogens is 4. The summed E-state index contributed by atoms with van der Waals surface area (Å²) in [4.78, 5) is 17.2. The van der Waals surface area contributed by atoms with Gasteiger partial charge in [0.1, 0.15) is 57.1 Å². The van der Waals surface area contributed by atoms with Crippen LogP contribution < -0.4 is 0 Å². The molecule has 2 aliphatic carbocycles. The quantitative estimate of drug-likeness (QED) is 0.136. The molecule has 5 aromatic rings. The Kier molecular flexibility index (Phi) is 4.63. The maximum absolute atomic E-state index is 16.0. The Bertz CT molecular complexity index is 2230. The minimum absolute atomic E-state index is 0.0280. The van der Waals surface area contributed by atoms with Gasteiger partial charge in [-0.1, -0.05) is 0 Å². The maximum atomic E-state index is 16.0. The Morgan fingerprint density at radius 3 is 1.62 bits per heavy atom. The molecular formula is C29H7F4N7.